The lowest BCUT2D eigenvalue weighted by Crippen LogP contribution is -2.43. The van der Waals surface area contributed by atoms with E-state index in [0.717, 1.165) is 5.69 Å². The van der Waals surface area contributed by atoms with E-state index < -0.39 is 17.9 Å². The molecular weight excluding hydrogens is 476 g/mol. The molecule has 0 saturated heterocycles. The van der Waals surface area contributed by atoms with Gasteiger partial charge in [0, 0.05) is 11.2 Å². The van der Waals surface area contributed by atoms with Crippen molar-refractivity contribution in [2.45, 2.75) is 39.7 Å². The van der Waals surface area contributed by atoms with E-state index in [1.807, 2.05) is 51.1 Å². The van der Waals surface area contributed by atoms with Crippen molar-refractivity contribution in [2.24, 2.45) is 5.92 Å². The number of ether oxygens (including phenoxy) is 1. The van der Waals surface area contributed by atoms with Crippen LogP contribution in [-0.2, 0) is 16.0 Å². The van der Waals surface area contributed by atoms with E-state index in [0.29, 0.717) is 46.5 Å². The molecule has 10 nitrogen and oxygen atoms in total. The number of carbonyl (C=O) groups is 2. The third-order valence-electron chi connectivity index (χ3n) is 5.91. The number of aliphatic carboxylic acids is 1. The summed E-state index contributed by atoms with van der Waals surface area (Å²) in [6.45, 7) is 5.30. The molecule has 3 N–H and O–H groups in total. The molecule has 2 aromatic carbocycles. The normalized spacial score (nSPS) is 12.0. The zero-order valence-corrected chi connectivity index (χ0v) is 20.9. The quantitative estimate of drug-likeness (QED) is 0.282. The Morgan fingerprint density at radius 2 is 1.97 bits per heavy atom. The highest BCUT2D eigenvalue weighted by Crippen LogP contribution is 2.27. The Kier molecular flexibility index (Phi) is 7.66. The average Bonchev–Trinajstić information content (AvgIpc) is 3.37. The van der Waals surface area contributed by atoms with Crippen molar-refractivity contribution >= 4 is 22.8 Å². The van der Waals surface area contributed by atoms with Gasteiger partial charge in [-0.15, -0.1) is 5.10 Å². The second-order valence-electron chi connectivity index (χ2n) is 9.08. The van der Waals surface area contributed by atoms with Crippen LogP contribution in [0.1, 0.15) is 32.8 Å². The molecule has 0 radical (unpaired) electrons. The summed E-state index contributed by atoms with van der Waals surface area (Å²) in [5, 5.41) is 19.2. The van der Waals surface area contributed by atoms with Gasteiger partial charge >= 0.3 is 5.97 Å². The number of amides is 1. The highest BCUT2D eigenvalue weighted by molar-refractivity contribution is 5.85. The summed E-state index contributed by atoms with van der Waals surface area (Å²) in [6, 6.07) is 11.8. The number of benzene rings is 2. The number of para-hydroxylation sites is 1. The zero-order chi connectivity index (χ0) is 26.5. The monoisotopic (exact) mass is 505 g/mol. The molecular formula is C27H29N4O6+. The number of rotatable bonds is 10. The van der Waals surface area contributed by atoms with E-state index in [1.54, 1.807) is 23.0 Å². The number of aromatic nitrogens is 3. The number of nitrogens with one attached hydrogen (secondary N) is 2. The molecule has 4 rings (SSSR count). The van der Waals surface area contributed by atoms with Gasteiger partial charge in [0.1, 0.15) is 34.9 Å². The summed E-state index contributed by atoms with van der Waals surface area (Å²) < 4.78 is 13.3. The van der Waals surface area contributed by atoms with Crippen molar-refractivity contribution in [1.82, 2.24) is 15.5 Å². The Hall–Kier alpha value is -4.47. The smallest absolute Gasteiger partial charge is 0.326 e. The number of hydrogen-bond acceptors (Lipinski definition) is 6. The van der Waals surface area contributed by atoms with Gasteiger partial charge in [0.25, 0.3) is 18.1 Å². The van der Waals surface area contributed by atoms with Crippen LogP contribution in [0, 0.1) is 5.92 Å². The first kappa shape index (κ1) is 25.6. The van der Waals surface area contributed by atoms with Crippen LogP contribution in [0.15, 0.2) is 64.3 Å². The Balaban J connectivity index is 1.60. The number of hydrogen-bond donors (Lipinski definition) is 3. The van der Waals surface area contributed by atoms with Crippen LogP contribution in [-0.4, -0.2) is 39.8 Å². The molecule has 0 bridgehead atoms. The summed E-state index contributed by atoms with van der Waals surface area (Å²) in [4.78, 5) is 37.3. The first-order chi connectivity index (χ1) is 17.8. The molecule has 2 aromatic heterocycles. The van der Waals surface area contributed by atoms with Gasteiger partial charge in [-0.2, -0.15) is 4.57 Å². The molecule has 10 heteroatoms. The number of carboxylic acids is 1. The van der Waals surface area contributed by atoms with Crippen molar-refractivity contribution in [2.75, 3.05) is 6.61 Å². The maximum atomic E-state index is 13.4. The predicted octanol–water partition coefficient (Wildman–Crippen LogP) is 3.02. The lowest BCUT2D eigenvalue weighted by atomic mass is 10.0. The molecule has 1 amide bonds. The third kappa shape index (κ3) is 5.69. The fourth-order valence-corrected chi connectivity index (χ4v) is 4.08. The van der Waals surface area contributed by atoms with E-state index in [-0.39, 0.29) is 18.0 Å². The predicted molar refractivity (Wildman–Crippen MR) is 135 cm³/mol. The molecule has 0 unspecified atom stereocenters. The number of fused-ring (bicyclic) bond motifs is 1. The second kappa shape index (κ2) is 11.1. The van der Waals surface area contributed by atoms with E-state index in [4.69, 9.17) is 9.15 Å². The Morgan fingerprint density at radius 1 is 1.22 bits per heavy atom. The Bertz CT molecular complexity index is 1480. The first-order valence-corrected chi connectivity index (χ1v) is 12.0. The molecule has 0 aliphatic rings. The van der Waals surface area contributed by atoms with Gasteiger partial charge in [-0.1, -0.05) is 39.0 Å². The van der Waals surface area contributed by atoms with Crippen LogP contribution in [0.3, 0.4) is 0 Å². The van der Waals surface area contributed by atoms with Gasteiger partial charge in [-0.25, -0.2) is 4.79 Å². The van der Waals surface area contributed by atoms with Crippen LogP contribution in [0.4, 0.5) is 0 Å². The number of carbonyl (C=O) groups excluding carboxylic acids is 1. The molecule has 2 heterocycles. The third-order valence-corrected chi connectivity index (χ3v) is 5.91. The minimum Gasteiger partial charge on any atom is -0.483 e. The minimum atomic E-state index is -1.09. The van der Waals surface area contributed by atoms with Crippen LogP contribution >= 0.6 is 0 Å². The molecule has 1 atom stereocenters. The maximum Gasteiger partial charge on any atom is 0.326 e. The summed E-state index contributed by atoms with van der Waals surface area (Å²) in [5.74, 6) is -0.669. The van der Waals surface area contributed by atoms with Crippen molar-refractivity contribution in [3.63, 3.8) is 0 Å². The number of carboxylic acid groups (broad SMARTS) is 1. The second-order valence-corrected chi connectivity index (χ2v) is 9.08. The fraction of sp³-hybridized carbons (Fsp3) is 0.296. The molecule has 0 aliphatic carbocycles. The van der Waals surface area contributed by atoms with Gasteiger partial charge in [0.15, 0.2) is 6.61 Å². The van der Waals surface area contributed by atoms with E-state index in [9.17, 15) is 19.5 Å². The average molecular weight is 506 g/mol. The molecule has 0 aliphatic heterocycles. The number of aromatic amines is 1. The summed E-state index contributed by atoms with van der Waals surface area (Å²) in [7, 11) is 0. The SMILES string of the molecule is CCc1cc2c(=O)c(-c3[nH]nc[n+]3-c3ccccc3)coc2cc1OCC(=O)N[C@@H](CC(C)C)C(=O)O. The highest BCUT2D eigenvalue weighted by Gasteiger charge is 2.23. The van der Waals surface area contributed by atoms with Gasteiger partial charge in [-0.3, -0.25) is 9.59 Å². The molecule has 0 fully saturated rings. The van der Waals surface area contributed by atoms with Crippen LogP contribution in [0.25, 0.3) is 28.0 Å². The molecule has 192 valence electrons. The largest absolute Gasteiger partial charge is 0.483 e. The van der Waals surface area contributed by atoms with E-state index >= 15 is 0 Å². The standard InChI is InChI=1S/C27H28N4O6/c1-4-17-11-19-23(12-22(17)37-14-24(32)29-21(27(34)35)10-16(2)3)36-13-20(25(19)33)26-30-28-15-31(26)18-8-6-5-7-9-18/h5-9,11-13,15-16,21H,4,10,14H2,1-3H3,(H2,29,32,34,35)/p+1/t21-/m0/s1. The van der Waals surface area contributed by atoms with Crippen molar-refractivity contribution in [3.05, 3.63) is 70.8 Å². The summed E-state index contributed by atoms with van der Waals surface area (Å²) >= 11 is 0. The number of nitrogens with zero attached hydrogens (tertiary/aromatic N) is 2. The fourth-order valence-electron chi connectivity index (χ4n) is 4.08. The van der Waals surface area contributed by atoms with Crippen LogP contribution < -0.4 is 20.0 Å². The maximum absolute atomic E-state index is 13.4. The lowest BCUT2D eigenvalue weighted by Gasteiger charge is -2.17. The minimum absolute atomic E-state index is 0.103. The Labute approximate surface area is 212 Å². The Morgan fingerprint density at radius 3 is 2.65 bits per heavy atom. The van der Waals surface area contributed by atoms with Crippen molar-refractivity contribution < 1.29 is 28.4 Å². The van der Waals surface area contributed by atoms with Crippen molar-refractivity contribution in [1.29, 1.82) is 0 Å². The molecule has 0 spiro atoms. The van der Waals surface area contributed by atoms with Crippen LogP contribution in [0.5, 0.6) is 5.75 Å². The van der Waals surface area contributed by atoms with Gasteiger partial charge in [-0.05, 0) is 42.5 Å². The topological polar surface area (TPSA) is 138 Å². The van der Waals surface area contributed by atoms with E-state index in [1.165, 1.54) is 6.26 Å². The highest BCUT2D eigenvalue weighted by atomic mass is 16.5. The van der Waals surface area contributed by atoms with Crippen LogP contribution in [0.2, 0.25) is 0 Å². The summed E-state index contributed by atoms with van der Waals surface area (Å²) in [6.07, 6.45) is 3.80. The molecule has 0 saturated carbocycles. The molecule has 4 aromatic rings. The first-order valence-electron chi connectivity index (χ1n) is 12.0. The van der Waals surface area contributed by atoms with E-state index in [2.05, 4.69) is 15.5 Å². The molecule has 37 heavy (non-hydrogen) atoms. The van der Waals surface area contributed by atoms with Crippen molar-refractivity contribution in [3.8, 4) is 22.8 Å². The summed E-state index contributed by atoms with van der Waals surface area (Å²) in [5.41, 5.74) is 1.92. The van der Waals surface area contributed by atoms with Gasteiger partial charge in [0.05, 0.1) is 5.39 Å². The lowest BCUT2D eigenvalue weighted by molar-refractivity contribution is -0.584. The number of aryl methyl sites for hydroxylation is 1. The van der Waals surface area contributed by atoms with Gasteiger partial charge < -0.3 is 19.6 Å². The van der Waals surface area contributed by atoms with Gasteiger partial charge in [0.2, 0.25) is 5.43 Å². The number of H-pyrrole nitrogens is 1. The zero-order valence-electron chi connectivity index (χ0n) is 20.9.